The van der Waals surface area contributed by atoms with Gasteiger partial charge >= 0.3 is 0 Å². The van der Waals surface area contributed by atoms with E-state index < -0.39 is 17.9 Å². The molecule has 0 saturated carbocycles. The number of rotatable bonds is 5. The van der Waals surface area contributed by atoms with Gasteiger partial charge in [0.05, 0.1) is 0 Å². The van der Waals surface area contributed by atoms with Gasteiger partial charge in [0.15, 0.2) is 0 Å². The van der Waals surface area contributed by atoms with Gasteiger partial charge in [-0.05, 0) is 35.4 Å². The van der Waals surface area contributed by atoms with Crippen LogP contribution in [0.3, 0.4) is 0 Å². The minimum atomic E-state index is -1.02. The maximum absolute atomic E-state index is 12.9. The van der Waals surface area contributed by atoms with Crippen LogP contribution in [0.15, 0.2) is 48.5 Å². The van der Waals surface area contributed by atoms with Crippen molar-refractivity contribution in [2.45, 2.75) is 6.04 Å². The lowest BCUT2D eigenvalue weighted by Crippen LogP contribution is -2.50. The van der Waals surface area contributed by atoms with Crippen molar-refractivity contribution in [3.8, 4) is 11.1 Å². The van der Waals surface area contributed by atoms with Crippen LogP contribution in [0.25, 0.3) is 11.1 Å². The predicted molar refractivity (Wildman–Crippen MR) is 82.1 cm³/mol. The highest BCUT2D eigenvalue weighted by Gasteiger charge is 2.19. The zero-order valence-corrected chi connectivity index (χ0v) is 12.1. The number of nitrogens with two attached hydrogens (primary N) is 1. The topological polar surface area (TPSA) is 104 Å². The molecule has 2 aromatic carbocycles. The van der Waals surface area contributed by atoms with Crippen molar-refractivity contribution in [3.63, 3.8) is 0 Å². The monoisotopic (exact) mass is 317 g/mol. The number of hydrogen-bond acceptors (Lipinski definition) is 4. The quantitative estimate of drug-likeness (QED) is 0.489. The molecule has 0 heterocycles. The van der Waals surface area contributed by atoms with E-state index in [9.17, 15) is 14.0 Å². The Morgan fingerprint density at radius 1 is 1.04 bits per heavy atom. The number of hydroxylamine groups is 1. The average Bonchev–Trinajstić information content (AvgIpc) is 2.59. The van der Waals surface area contributed by atoms with Gasteiger partial charge < -0.3 is 11.1 Å². The van der Waals surface area contributed by atoms with Crippen LogP contribution in [-0.4, -0.2) is 29.6 Å². The van der Waals surface area contributed by atoms with Crippen LogP contribution in [0.4, 0.5) is 4.39 Å². The minimum absolute atomic E-state index is 0.147. The molecule has 0 unspecified atom stereocenters. The van der Waals surface area contributed by atoms with Crippen molar-refractivity contribution >= 4 is 11.8 Å². The van der Waals surface area contributed by atoms with Crippen molar-refractivity contribution < 1.29 is 19.2 Å². The van der Waals surface area contributed by atoms with Crippen LogP contribution in [0.1, 0.15) is 10.4 Å². The molecule has 0 aliphatic heterocycles. The average molecular weight is 317 g/mol. The molecule has 0 aliphatic carbocycles. The standard InChI is InChI=1S/C16H16FN3O3/c17-13-7-5-11(6-8-13)10-1-3-12(4-2-10)15(21)19-14(9-18)16(22)20-23/h1-8,14,23H,9,18H2,(H,19,21)(H,20,22)/t14-/m0/s1. The van der Waals surface area contributed by atoms with E-state index in [1.54, 1.807) is 36.4 Å². The van der Waals surface area contributed by atoms with E-state index in [4.69, 9.17) is 10.9 Å². The molecule has 1 atom stereocenters. The predicted octanol–water partition coefficient (Wildman–Crippen LogP) is 1.06. The molecular formula is C16H16FN3O3. The molecular weight excluding hydrogens is 301 g/mol. The van der Waals surface area contributed by atoms with Gasteiger partial charge in [0.25, 0.3) is 11.8 Å². The van der Waals surface area contributed by atoms with Gasteiger partial charge in [0.1, 0.15) is 11.9 Å². The summed E-state index contributed by atoms with van der Waals surface area (Å²) in [6, 6.07) is 11.6. The zero-order chi connectivity index (χ0) is 16.8. The number of nitrogens with one attached hydrogen (secondary N) is 2. The van der Waals surface area contributed by atoms with Crippen LogP contribution in [0.2, 0.25) is 0 Å². The van der Waals surface area contributed by atoms with Crippen molar-refractivity contribution in [3.05, 3.63) is 59.9 Å². The highest BCUT2D eigenvalue weighted by Crippen LogP contribution is 2.20. The van der Waals surface area contributed by atoms with Crippen LogP contribution in [0.5, 0.6) is 0 Å². The fourth-order valence-electron chi connectivity index (χ4n) is 2.01. The number of hydrogen-bond donors (Lipinski definition) is 4. The Balaban J connectivity index is 2.11. The maximum Gasteiger partial charge on any atom is 0.267 e. The molecule has 2 rings (SSSR count). The smallest absolute Gasteiger partial charge is 0.267 e. The van der Waals surface area contributed by atoms with Gasteiger partial charge in [-0.2, -0.15) is 0 Å². The van der Waals surface area contributed by atoms with Crippen molar-refractivity contribution in [1.82, 2.24) is 10.8 Å². The second-order valence-electron chi connectivity index (χ2n) is 4.82. The summed E-state index contributed by atoms with van der Waals surface area (Å²) in [5.74, 6) is -1.60. The normalized spacial score (nSPS) is 11.6. The molecule has 0 aliphatic rings. The summed E-state index contributed by atoms with van der Waals surface area (Å²) in [6.07, 6.45) is 0. The van der Waals surface area contributed by atoms with Gasteiger partial charge in [-0.1, -0.05) is 24.3 Å². The van der Waals surface area contributed by atoms with Crippen molar-refractivity contribution in [2.24, 2.45) is 5.73 Å². The van der Waals surface area contributed by atoms with Gasteiger partial charge in [-0.3, -0.25) is 14.8 Å². The number of carbonyl (C=O) groups excluding carboxylic acids is 2. The molecule has 23 heavy (non-hydrogen) atoms. The summed E-state index contributed by atoms with van der Waals surface area (Å²) in [5, 5.41) is 11.0. The third kappa shape index (κ3) is 4.12. The molecule has 2 amide bonds. The first-order valence-electron chi connectivity index (χ1n) is 6.86. The molecule has 0 aromatic heterocycles. The second-order valence-corrected chi connectivity index (χ2v) is 4.82. The van der Waals surface area contributed by atoms with E-state index in [2.05, 4.69) is 5.32 Å². The van der Waals surface area contributed by atoms with Crippen molar-refractivity contribution in [2.75, 3.05) is 6.54 Å². The summed E-state index contributed by atoms with van der Waals surface area (Å²) < 4.78 is 12.9. The molecule has 0 radical (unpaired) electrons. The molecule has 6 nitrogen and oxygen atoms in total. The lowest BCUT2D eigenvalue weighted by Gasteiger charge is -2.14. The number of amides is 2. The summed E-state index contributed by atoms with van der Waals surface area (Å²) in [5.41, 5.74) is 8.79. The fourth-order valence-corrected chi connectivity index (χ4v) is 2.01. The molecule has 5 N–H and O–H groups in total. The van der Waals surface area contributed by atoms with E-state index in [0.29, 0.717) is 5.56 Å². The SMILES string of the molecule is NC[C@H](NC(=O)c1ccc(-c2ccc(F)cc2)cc1)C(=O)NO. The van der Waals surface area contributed by atoms with Crippen LogP contribution in [0, 0.1) is 5.82 Å². The first-order valence-corrected chi connectivity index (χ1v) is 6.86. The molecule has 0 saturated heterocycles. The van der Waals surface area contributed by atoms with Crippen LogP contribution in [-0.2, 0) is 4.79 Å². The Kier molecular flexibility index (Phi) is 5.40. The fraction of sp³-hybridized carbons (Fsp3) is 0.125. The largest absolute Gasteiger partial charge is 0.339 e. The third-order valence-corrected chi connectivity index (χ3v) is 3.29. The third-order valence-electron chi connectivity index (χ3n) is 3.29. The summed E-state index contributed by atoms with van der Waals surface area (Å²) in [7, 11) is 0. The highest BCUT2D eigenvalue weighted by atomic mass is 19.1. The number of halogens is 1. The van der Waals surface area contributed by atoms with Crippen LogP contribution >= 0.6 is 0 Å². The van der Waals surface area contributed by atoms with Gasteiger partial charge in [-0.25, -0.2) is 9.87 Å². The Morgan fingerprint density at radius 3 is 2.04 bits per heavy atom. The molecule has 120 valence electrons. The maximum atomic E-state index is 12.9. The van der Waals surface area contributed by atoms with E-state index in [1.807, 2.05) is 0 Å². The molecule has 0 spiro atoms. The zero-order valence-electron chi connectivity index (χ0n) is 12.1. The molecule has 0 fully saturated rings. The molecule has 7 heteroatoms. The second kappa shape index (κ2) is 7.48. The van der Waals surface area contributed by atoms with E-state index in [0.717, 1.165) is 11.1 Å². The lowest BCUT2D eigenvalue weighted by atomic mass is 10.0. The van der Waals surface area contributed by atoms with E-state index in [1.165, 1.54) is 17.6 Å². The van der Waals surface area contributed by atoms with E-state index >= 15 is 0 Å². The Bertz CT molecular complexity index is 687. The first-order chi connectivity index (χ1) is 11.0. The number of carbonyl (C=O) groups is 2. The summed E-state index contributed by atoms with van der Waals surface area (Å²) >= 11 is 0. The summed E-state index contributed by atoms with van der Waals surface area (Å²) in [4.78, 5) is 23.3. The van der Waals surface area contributed by atoms with Crippen molar-refractivity contribution in [1.29, 1.82) is 0 Å². The first kappa shape index (κ1) is 16.6. The Labute approximate surface area is 132 Å². The molecule has 0 bridgehead atoms. The summed E-state index contributed by atoms with van der Waals surface area (Å²) in [6.45, 7) is -0.147. The Morgan fingerprint density at radius 2 is 1.57 bits per heavy atom. The van der Waals surface area contributed by atoms with Gasteiger partial charge in [0, 0.05) is 12.1 Å². The molecule has 2 aromatic rings. The highest BCUT2D eigenvalue weighted by molar-refractivity contribution is 5.97. The van der Waals surface area contributed by atoms with Gasteiger partial charge in [-0.15, -0.1) is 0 Å². The minimum Gasteiger partial charge on any atom is -0.339 e. The van der Waals surface area contributed by atoms with Gasteiger partial charge in [0.2, 0.25) is 0 Å². The Hall–Kier alpha value is -2.77. The van der Waals surface area contributed by atoms with Crippen LogP contribution < -0.4 is 16.5 Å². The lowest BCUT2D eigenvalue weighted by molar-refractivity contribution is -0.130. The number of benzene rings is 2. The van der Waals surface area contributed by atoms with E-state index in [-0.39, 0.29) is 12.4 Å².